The average Bonchev–Trinajstić information content (AvgIpc) is 3.25. The smallest absolute Gasteiger partial charge is 0.335 e. The molecule has 26 heavy (non-hydrogen) atoms. The first kappa shape index (κ1) is 17.7. The zero-order chi connectivity index (χ0) is 18.7. The Kier molecular flexibility index (Phi) is 5.06. The summed E-state index contributed by atoms with van der Waals surface area (Å²) in [5.41, 5.74) is 1.04. The number of carboxylic acids is 1. The van der Waals surface area contributed by atoms with Crippen LogP contribution in [0.2, 0.25) is 0 Å². The number of benzene rings is 1. The fourth-order valence-corrected chi connectivity index (χ4v) is 3.10. The van der Waals surface area contributed by atoms with Gasteiger partial charge in [0.25, 0.3) is 0 Å². The van der Waals surface area contributed by atoms with Crippen LogP contribution in [0.3, 0.4) is 0 Å². The average molecular weight is 356 g/mol. The van der Waals surface area contributed by atoms with Gasteiger partial charge in [-0.25, -0.2) is 4.79 Å². The van der Waals surface area contributed by atoms with Crippen LogP contribution >= 0.6 is 0 Å². The summed E-state index contributed by atoms with van der Waals surface area (Å²) in [4.78, 5) is 38.9. The van der Waals surface area contributed by atoms with Crippen molar-refractivity contribution < 1.29 is 23.9 Å². The lowest BCUT2D eigenvalue weighted by molar-refractivity contribution is -0.135. The van der Waals surface area contributed by atoms with E-state index in [0.29, 0.717) is 25.4 Å². The van der Waals surface area contributed by atoms with Crippen LogP contribution in [0.5, 0.6) is 0 Å². The highest BCUT2D eigenvalue weighted by molar-refractivity contribution is 5.89. The first-order chi connectivity index (χ1) is 12.4. The zero-order valence-corrected chi connectivity index (χ0v) is 14.4. The molecule has 2 aromatic rings. The van der Waals surface area contributed by atoms with Crippen molar-refractivity contribution in [2.24, 2.45) is 5.92 Å². The molecule has 0 unspecified atom stereocenters. The van der Waals surface area contributed by atoms with E-state index in [1.165, 1.54) is 12.1 Å². The van der Waals surface area contributed by atoms with Crippen molar-refractivity contribution in [1.29, 1.82) is 0 Å². The standard InChI is InChI=1S/C19H20N2O5/c1-20(10-13-4-6-14(7-5-13)19(24)25)18(23)15-9-17(22)21(11-15)12-16-3-2-8-26-16/h2-8,15H,9-12H2,1H3,(H,24,25)/t15-/m1/s1. The molecular formula is C19H20N2O5. The Labute approximate surface area is 150 Å². The molecule has 1 aromatic carbocycles. The second-order valence-electron chi connectivity index (χ2n) is 6.45. The van der Waals surface area contributed by atoms with Crippen LogP contribution in [0.4, 0.5) is 0 Å². The lowest BCUT2D eigenvalue weighted by Crippen LogP contribution is -2.34. The van der Waals surface area contributed by atoms with Gasteiger partial charge in [0.15, 0.2) is 0 Å². The summed E-state index contributed by atoms with van der Waals surface area (Å²) < 4.78 is 5.26. The predicted molar refractivity (Wildman–Crippen MR) is 92.1 cm³/mol. The molecule has 0 bridgehead atoms. The van der Waals surface area contributed by atoms with E-state index in [9.17, 15) is 14.4 Å². The Morgan fingerprint density at radius 2 is 2.00 bits per heavy atom. The number of rotatable bonds is 6. The molecule has 1 aromatic heterocycles. The van der Waals surface area contributed by atoms with E-state index in [2.05, 4.69) is 0 Å². The summed E-state index contributed by atoms with van der Waals surface area (Å²) in [6.45, 7) is 1.11. The first-order valence-electron chi connectivity index (χ1n) is 8.31. The van der Waals surface area contributed by atoms with Gasteiger partial charge in [-0.05, 0) is 29.8 Å². The van der Waals surface area contributed by atoms with Crippen LogP contribution in [0.25, 0.3) is 0 Å². The molecule has 1 N–H and O–H groups in total. The fourth-order valence-electron chi connectivity index (χ4n) is 3.10. The van der Waals surface area contributed by atoms with E-state index in [4.69, 9.17) is 9.52 Å². The van der Waals surface area contributed by atoms with Crippen LogP contribution < -0.4 is 0 Å². The Hall–Kier alpha value is -3.09. The molecular weight excluding hydrogens is 336 g/mol. The van der Waals surface area contributed by atoms with Gasteiger partial charge >= 0.3 is 5.97 Å². The summed E-state index contributed by atoms with van der Waals surface area (Å²) in [5.74, 6) is -0.817. The predicted octanol–water partition coefficient (Wildman–Crippen LogP) is 1.98. The number of aromatic carboxylic acids is 1. The van der Waals surface area contributed by atoms with Gasteiger partial charge in [-0.2, -0.15) is 0 Å². The molecule has 0 radical (unpaired) electrons. The zero-order valence-electron chi connectivity index (χ0n) is 14.4. The van der Waals surface area contributed by atoms with Crippen molar-refractivity contribution in [2.45, 2.75) is 19.5 Å². The van der Waals surface area contributed by atoms with Crippen molar-refractivity contribution in [1.82, 2.24) is 9.80 Å². The molecule has 1 aliphatic rings. The van der Waals surface area contributed by atoms with Gasteiger partial charge < -0.3 is 19.3 Å². The maximum absolute atomic E-state index is 12.6. The Morgan fingerprint density at radius 3 is 2.62 bits per heavy atom. The highest BCUT2D eigenvalue weighted by Crippen LogP contribution is 2.22. The van der Waals surface area contributed by atoms with Gasteiger partial charge in [-0.1, -0.05) is 12.1 Å². The number of carbonyl (C=O) groups is 3. The molecule has 1 fully saturated rings. The van der Waals surface area contributed by atoms with Crippen LogP contribution in [-0.2, 0) is 22.7 Å². The normalized spacial score (nSPS) is 16.7. The summed E-state index contributed by atoms with van der Waals surface area (Å²) in [5, 5.41) is 8.92. The molecule has 0 saturated carbocycles. The van der Waals surface area contributed by atoms with Crippen molar-refractivity contribution >= 4 is 17.8 Å². The number of hydrogen-bond donors (Lipinski definition) is 1. The minimum atomic E-state index is -0.984. The largest absolute Gasteiger partial charge is 0.478 e. The second kappa shape index (κ2) is 7.43. The molecule has 7 nitrogen and oxygen atoms in total. The van der Waals surface area contributed by atoms with E-state index >= 15 is 0 Å². The minimum absolute atomic E-state index is 0.0565. The molecule has 0 aliphatic carbocycles. The van der Waals surface area contributed by atoms with Gasteiger partial charge in [-0.3, -0.25) is 9.59 Å². The molecule has 1 saturated heterocycles. The monoisotopic (exact) mass is 356 g/mol. The minimum Gasteiger partial charge on any atom is -0.478 e. The molecule has 2 heterocycles. The summed E-state index contributed by atoms with van der Waals surface area (Å²) >= 11 is 0. The quantitative estimate of drug-likeness (QED) is 0.855. The van der Waals surface area contributed by atoms with E-state index in [0.717, 1.165) is 5.56 Å². The Morgan fingerprint density at radius 1 is 1.27 bits per heavy atom. The maximum atomic E-state index is 12.6. The molecule has 2 amide bonds. The van der Waals surface area contributed by atoms with Crippen LogP contribution in [0, 0.1) is 5.92 Å². The fraction of sp³-hybridized carbons (Fsp3) is 0.316. The van der Waals surface area contributed by atoms with Crippen molar-refractivity contribution in [3.63, 3.8) is 0 Å². The third kappa shape index (κ3) is 3.93. The molecule has 1 aliphatic heterocycles. The Balaban J connectivity index is 1.58. The summed E-state index contributed by atoms with van der Waals surface area (Å²) in [7, 11) is 1.69. The van der Waals surface area contributed by atoms with E-state index in [1.807, 2.05) is 0 Å². The molecule has 136 valence electrons. The lowest BCUT2D eigenvalue weighted by atomic mass is 10.1. The summed E-state index contributed by atoms with van der Waals surface area (Å²) in [6, 6.07) is 9.98. The van der Waals surface area contributed by atoms with E-state index in [-0.39, 0.29) is 29.7 Å². The lowest BCUT2D eigenvalue weighted by Gasteiger charge is -2.21. The highest BCUT2D eigenvalue weighted by atomic mass is 16.4. The van der Waals surface area contributed by atoms with Crippen molar-refractivity contribution in [2.75, 3.05) is 13.6 Å². The number of hydrogen-bond acceptors (Lipinski definition) is 4. The third-order valence-electron chi connectivity index (χ3n) is 4.49. The van der Waals surface area contributed by atoms with E-state index < -0.39 is 5.97 Å². The molecule has 0 spiro atoms. The third-order valence-corrected chi connectivity index (χ3v) is 4.49. The van der Waals surface area contributed by atoms with Gasteiger partial charge in [-0.15, -0.1) is 0 Å². The second-order valence-corrected chi connectivity index (χ2v) is 6.45. The van der Waals surface area contributed by atoms with Crippen LogP contribution in [-0.4, -0.2) is 46.3 Å². The summed E-state index contributed by atoms with van der Waals surface area (Å²) in [6.07, 6.45) is 1.75. The topological polar surface area (TPSA) is 91.1 Å². The number of furan rings is 1. The van der Waals surface area contributed by atoms with Gasteiger partial charge in [0.05, 0.1) is 24.3 Å². The van der Waals surface area contributed by atoms with Crippen LogP contribution in [0.15, 0.2) is 47.1 Å². The van der Waals surface area contributed by atoms with Gasteiger partial charge in [0.1, 0.15) is 5.76 Å². The first-order valence-corrected chi connectivity index (χ1v) is 8.31. The van der Waals surface area contributed by atoms with Crippen molar-refractivity contribution in [3.8, 4) is 0 Å². The highest BCUT2D eigenvalue weighted by Gasteiger charge is 2.36. The molecule has 7 heteroatoms. The number of likely N-dealkylation sites (tertiary alicyclic amines) is 1. The number of amides is 2. The molecule has 3 rings (SSSR count). The van der Waals surface area contributed by atoms with Crippen LogP contribution in [0.1, 0.15) is 28.1 Å². The van der Waals surface area contributed by atoms with Gasteiger partial charge in [0.2, 0.25) is 11.8 Å². The molecule has 1 atom stereocenters. The number of carbonyl (C=O) groups excluding carboxylic acids is 2. The number of nitrogens with zero attached hydrogens (tertiary/aromatic N) is 2. The maximum Gasteiger partial charge on any atom is 0.335 e. The van der Waals surface area contributed by atoms with Gasteiger partial charge in [0, 0.05) is 26.6 Å². The van der Waals surface area contributed by atoms with Crippen molar-refractivity contribution in [3.05, 3.63) is 59.5 Å². The SMILES string of the molecule is CN(Cc1ccc(C(=O)O)cc1)C(=O)[C@@H]1CC(=O)N(Cc2ccco2)C1. The Bertz CT molecular complexity index is 798. The van der Waals surface area contributed by atoms with E-state index in [1.54, 1.807) is 47.4 Å². The number of carboxylic acid groups (broad SMARTS) is 1.